The Bertz CT molecular complexity index is 719. The molecule has 2 atom stereocenters. The largest absolute Gasteiger partial charge is 0.454 e. The van der Waals surface area contributed by atoms with E-state index >= 15 is 0 Å². The Morgan fingerprint density at radius 3 is 2.95 bits per heavy atom. The molecule has 1 aromatic rings. The van der Waals surface area contributed by atoms with Gasteiger partial charge in [0.1, 0.15) is 0 Å². The smallest absolute Gasteiger partial charge is 0.231 e. The van der Waals surface area contributed by atoms with E-state index in [4.69, 9.17) is 14.9 Å². The van der Waals surface area contributed by atoms with Crippen LogP contribution in [0.4, 0.5) is 0 Å². The molecule has 0 amide bonds. The maximum Gasteiger partial charge on any atom is 0.231 e. The van der Waals surface area contributed by atoms with E-state index in [2.05, 4.69) is 0 Å². The van der Waals surface area contributed by atoms with Crippen molar-refractivity contribution in [1.82, 2.24) is 4.90 Å². The average Bonchev–Trinajstić information content (AvgIpc) is 3.05. The van der Waals surface area contributed by atoms with E-state index in [1.807, 2.05) is 23.1 Å². The fourth-order valence-corrected chi connectivity index (χ4v) is 6.82. The van der Waals surface area contributed by atoms with Gasteiger partial charge in [0, 0.05) is 11.8 Å². The number of rotatable bonds is 2. The minimum atomic E-state index is -2.97. The maximum atomic E-state index is 11.8. The summed E-state index contributed by atoms with van der Waals surface area (Å²) in [6.45, 7) is 0.760. The topological polar surface area (TPSA) is 79.7 Å². The normalized spacial score (nSPS) is 29.0. The maximum absolute atomic E-state index is 11.8. The van der Waals surface area contributed by atoms with E-state index in [1.165, 1.54) is 11.8 Å². The molecule has 0 bridgehead atoms. The fourth-order valence-electron chi connectivity index (χ4n) is 2.99. The number of hydrogen-bond donors (Lipinski definition) is 1. The molecule has 1 N–H and O–H groups in total. The Labute approximate surface area is 126 Å². The van der Waals surface area contributed by atoms with Crippen LogP contribution in [0, 0.1) is 5.41 Å². The second kappa shape index (κ2) is 4.54. The summed E-state index contributed by atoms with van der Waals surface area (Å²) in [6.07, 6.45) is 0. The molecule has 2 saturated heterocycles. The van der Waals surface area contributed by atoms with Crippen molar-refractivity contribution in [3.05, 3.63) is 23.8 Å². The van der Waals surface area contributed by atoms with Gasteiger partial charge in [0.2, 0.25) is 6.79 Å². The van der Waals surface area contributed by atoms with E-state index in [0.717, 1.165) is 11.3 Å². The summed E-state index contributed by atoms with van der Waals surface area (Å²) in [5, 5.41) is 8.53. The van der Waals surface area contributed by atoms with Crippen LogP contribution in [0.25, 0.3) is 0 Å². The predicted molar refractivity (Wildman–Crippen MR) is 79.7 cm³/mol. The van der Waals surface area contributed by atoms with E-state index in [9.17, 15) is 8.42 Å². The number of ether oxygens (including phenoxy) is 2. The summed E-state index contributed by atoms with van der Waals surface area (Å²) in [5.74, 6) is 1.77. The molecule has 0 saturated carbocycles. The lowest BCUT2D eigenvalue weighted by molar-refractivity contribution is 0.174. The molecule has 0 unspecified atom stereocenters. The Balaban J connectivity index is 1.57. The van der Waals surface area contributed by atoms with Gasteiger partial charge < -0.3 is 14.4 Å². The molecular formula is C13H14N2O4S2. The van der Waals surface area contributed by atoms with Gasteiger partial charge >= 0.3 is 0 Å². The number of nitrogens with zero attached hydrogens (tertiary/aromatic N) is 1. The molecule has 6 nitrogen and oxygen atoms in total. The van der Waals surface area contributed by atoms with E-state index in [-0.39, 0.29) is 29.6 Å². The predicted octanol–water partition coefficient (Wildman–Crippen LogP) is 1.06. The van der Waals surface area contributed by atoms with Crippen LogP contribution in [0.15, 0.2) is 18.2 Å². The Morgan fingerprint density at radius 1 is 1.29 bits per heavy atom. The highest BCUT2D eigenvalue weighted by Crippen LogP contribution is 2.39. The van der Waals surface area contributed by atoms with Gasteiger partial charge in [-0.15, -0.1) is 0 Å². The number of hydrogen-bond acceptors (Lipinski definition) is 6. The third-order valence-electron chi connectivity index (χ3n) is 3.99. The van der Waals surface area contributed by atoms with Crippen LogP contribution in [0.1, 0.15) is 5.56 Å². The summed E-state index contributed by atoms with van der Waals surface area (Å²) in [7, 11) is -2.97. The second-order valence-corrected chi connectivity index (χ2v) is 8.80. The van der Waals surface area contributed by atoms with Gasteiger partial charge in [0.25, 0.3) is 0 Å². The SMILES string of the molecule is N=C1S[C@H]2CS(=O)(=O)C[C@@H]2N1Cc1ccc2c(c1)OCO2. The first-order valence-electron chi connectivity index (χ1n) is 6.63. The summed E-state index contributed by atoms with van der Waals surface area (Å²) in [5.41, 5.74) is 0.995. The Morgan fingerprint density at radius 2 is 2.10 bits per heavy atom. The highest BCUT2D eigenvalue weighted by Gasteiger charge is 2.48. The van der Waals surface area contributed by atoms with Crippen molar-refractivity contribution in [2.75, 3.05) is 18.3 Å². The van der Waals surface area contributed by atoms with Crippen LogP contribution in [-0.4, -0.2) is 48.1 Å². The number of nitrogens with one attached hydrogen (secondary N) is 1. The van der Waals surface area contributed by atoms with Gasteiger partial charge in [-0.1, -0.05) is 17.8 Å². The number of sulfone groups is 1. The first kappa shape index (κ1) is 13.3. The first-order valence-corrected chi connectivity index (χ1v) is 9.33. The molecule has 2 fully saturated rings. The molecule has 3 aliphatic heterocycles. The summed E-state index contributed by atoms with van der Waals surface area (Å²) < 4.78 is 34.1. The van der Waals surface area contributed by atoms with Crippen LogP contribution in [-0.2, 0) is 16.4 Å². The molecule has 0 spiro atoms. The second-order valence-electron chi connectivity index (χ2n) is 5.42. The Kier molecular flexibility index (Phi) is 2.87. The molecular weight excluding hydrogens is 312 g/mol. The summed E-state index contributed by atoms with van der Waals surface area (Å²) in [6, 6.07) is 5.60. The molecule has 1 aromatic carbocycles. The molecule has 21 heavy (non-hydrogen) atoms. The zero-order valence-corrected chi connectivity index (χ0v) is 12.7. The lowest BCUT2D eigenvalue weighted by Crippen LogP contribution is -2.36. The lowest BCUT2D eigenvalue weighted by atomic mass is 10.1. The van der Waals surface area contributed by atoms with Crippen LogP contribution >= 0.6 is 11.8 Å². The Hall–Kier alpha value is -1.41. The lowest BCUT2D eigenvalue weighted by Gasteiger charge is -2.23. The number of thioether (sulfide) groups is 1. The van der Waals surface area contributed by atoms with Gasteiger partial charge in [-0.2, -0.15) is 0 Å². The van der Waals surface area contributed by atoms with Crippen LogP contribution in [0.5, 0.6) is 11.5 Å². The van der Waals surface area contributed by atoms with Crippen LogP contribution < -0.4 is 9.47 Å². The van der Waals surface area contributed by atoms with Crippen molar-refractivity contribution in [1.29, 1.82) is 5.41 Å². The zero-order valence-electron chi connectivity index (χ0n) is 11.1. The van der Waals surface area contributed by atoms with Crippen LogP contribution in [0.3, 0.4) is 0 Å². The van der Waals surface area contributed by atoms with Gasteiger partial charge in [-0.25, -0.2) is 8.42 Å². The average molecular weight is 326 g/mol. The molecule has 0 aliphatic carbocycles. The van der Waals surface area contributed by atoms with Gasteiger partial charge in [0.15, 0.2) is 26.5 Å². The summed E-state index contributed by atoms with van der Waals surface area (Å²) in [4.78, 5) is 1.89. The molecule has 0 aromatic heterocycles. The van der Waals surface area contributed by atoms with Gasteiger partial charge in [-0.3, -0.25) is 5.41 Å². The quantitative estimate of drug-likeness (QED) is 0.875. The van der Waals surface area contributed by atoms with Crippen molar-refractivity contribution in [2.45, 2.75) is 17.8 Å². The number of fused-ring (bicyclic) bond motifs is 2. The minimum Gasteiger partial charge on any atom is -0.454 e. The molecule has 112 valence electrons. The highest BCUT2D eigenvalue weighted by atomic mass is 32.2. The third-order valence-corrected chi connectivity index (χ3v) is 7.15. The monoisotopic (exact) mass is 326 g/mol. The molecule has 3 heterocycles. The number of benzene rings is 1. The van der Waals surface area contributed by atoms with Crippen molar-refractivity contribution < 1.29 is 17.9 Å². The fraction of sp³-hybridized carbons (Fsp3) is 0.462. The van der Waals surface area contributed by atoms with E-state index < -0.39 is 9.84 Å². The molecule has 4 rings (SSSR count). The van der Waals surface area contributed by atoms with E-state index in [1.54, 1.807) is 0 Å². The molecule has 0 radical (unpaired) electrons. The minimum absolute atomic E-state index is 0.00323. The van der Waals surface area contributed by atoms with Crippen molar-refractivity contribution in [3.8, 4) is 11.5 Å². The molecule has 3 aliphatic rings. The van der Waals surface area contributed by atoms with Gasteiger partial charge in [0.05, 0.1) is 17.5 Å². The standard InChI is InChI=1S/C13H14N2O4S2/c14-13-15(9-5-21(16,17)6-12(9)20-13)4-8-1-2-10-11(3-8)19-7-18-10/h1-3,9,12,14H,4-7H2/t9-,12-/m0/s1. The summed E-state index contributed by atoms with van der Waals surface area (Å²) >= 11 is 1.37. The molecule has 8 heteroatoms. The number of amidine groups is 1. The van der Waals surface area contributed by atoms with Gasteiger partial charge in [-0.05, 0) is 17.7 Å². The zero-order chi connectivity index (χ0) is 14.6. The first-order chi connectivity index (χ1) is 10.0. The van der Waals surface area contributed by atoms with Crippen molar-refractivity contribution >= 4 is 26.8 Å². The highest BCUT2D eigenvalue weighted by molar-refractivity contribution is 8.15. The third kappa shape index (κ3) is 2.26. The van der Waals surface area contributed by atoms with E-state index in [0.29, 0.717) is 17.5 Å². The van der Waals surface area contributed by atoms with Crippen LogP contribution in [0.2, 0.25) is 0 Å². The van der Waals surface area contributed by atoms with Crippen molar-refractivity contribution in [3.63, 3.8) is 0 Å². The van der Waals surface area contributed by atoms with Crippen molar-refractivity contribution in [2.24, 2.45) is 0 Å².